The van der Waals surface area contributed by atoms with Gasteiger partial charge in [0.1, 0.15) is 12.6 Å². The van der Waals surface area contributed by atoms with Crippen molar-refractivity contribution in [3.63, 3.8) is 0 Å². The smallest absolute Gasteiger partial charge is 0.404 e. The monoisotopic (exact) mass is 808 g/mol. The second-order valence-electron chi connectivity index (χ2n) is 18.0. The Morgan fingerprint density at radius 3 is 2.07 bits per heavy atom. The Labute approximate surface area is 336 Å². The first-order valence-electron chi connectivity index (χ1n) is 21.1. The van der Waals surface area contributed by atoms with Crippen LogP contribution in [0.2, 0.25) is 0 Å². The number of nitrogens with one attached hydrogen (secondary N) is 2. The van der Waals surface area contributed by atoms with Crippen LogP contribution in [0.5, 0.6) is 0 Å². The maximum absolute atomic E-state index is 12.8. The van der Waals surface area contributed by atoms with E-state index in [1.807, 2.05) is 0 Å². The maximum atomic E-state index is 12.8. The molecule has 0 aromatic heterocycles. The molecule has 0 aromatic rings. The number of ether oxygens (including phenoxy) is 1. The lowest BCUT2D eigenvalue weighted by atomic mass is 9.44. The van der Waals surface area contributed by atoms with Gasteiger partial charge in [-0.1, -0.05) is 20.8 Å². The van der Waals surface area contributed by atoms with Crippen LogP contribution < -0.4 is 10.6 Å². The van der Waals surface area contributed by atoms with Crippen LogP contribution in [0.4, 0.5) is 4.79 Å². The summed E-state index contributed by atoms with van der Waals surface area (Å²) in [6.07, 6.45) is 11.2. The molecule has 4 rings (SSSR count). The maximum Gasteiger partial charge on any atom is 0.404 e. The Balaban J connectivity index is 1.20. The summed E-state index contributed by atoms with van der Waals surface area (Å²) in [6.45, 7) is 6.39. The van der Waals surface area contributed by atoms with Crippen molar-refractivity contribution in [1.29, 1.82) is 0 Å². The summed E-state index contributed by atoms with van der Waals surface area (Å²) in [6, 6.07) is -1.03. The number of carboxylic acid groups (broad SMARTS) is 5. The SMILES string of the molecule is CC(CCC(=O)O)[C@H]1CCC2C3CC[C@@H]4C[C@H](OCC(=O)NCCCC[C@@H](C(=O)O)N(CCNC(=O)O)CCN(CC(=O)O)CC(=O)O)CC[C@]4(C)C3CC[C@@]21C. The van der Waals surface area contributed by atoms with E-state index >= 15 is 0 Å². The standard InChI is InChI=1S/C41H68N4O12/c1-26(7-12-35(47)48)30-10-11-31-29-9-8-27-22-28(13-15-40(27,2)32(29)14-16-41(30,31)3)57-25-34(46)42-17-5-4-6-33(38(53)54)45(19-18-43-39(55)56)21-20-44(23-36(49)50)24-37(51)52/h26-33,43H,4-25H2,1-3H3,(H,42,46)(H,47,48)(H,49,50)(H,51,52)(H,53,54)(H,55,56)/t26?,27-,28-,29?,30-,31?,32?,33+,40+,41-/m1/s1. The summed E-state index contributed by atoms with van der Waals surface area (Å²) >= 11 is 0. The van der Waals surface area contributed by atoms with E-state index in [-0.39, 0.29) is 63.1 Å². The molecule has 0 saturated heterocycles. The predicted molar refractivity (Wildman–Crippen MR) is 209 cm³/mol. The molecule has 4 unspecified atom stereocenters. The molecule has 4 aliphatic rings. The minimum atomic E-state index is -1.28. The average molecular weight is 809 g/mol. The van der Waals surface area contributed by atoms with Gasteiger partial charge in [0.25, 0.3) is 0 Å². The zero-order chi connectivity index (χ0) is 41.9. The highest BCUT2D eigenvalue weighted by molar-refractivity contribution is 5.77. The van der Waals surface area contributed by atoms with E-state index in [1.54, 1.807) is 0 Å². The van der Waals surface area contributed by atoms with E-state index < -0.39 is 49.1 Å². The number of unbranched alkanes of at least 4 members (excludes halogenated alkanes) is 1. The predicted octanol–water partition coefficient (Wildman–Crippen LogP) is 4.31. The van der Waals surface area contributed by atoms with Crippen LogP contribution in [0.15, 0.2) is 0 Å². The topological polar surface area (TPSA) is 243 Å². The highest BCUT2D eigenvalue weighted by Gasteiger charge is 2.60. The molecule has 7 N–H and O–H groups in total. The highest BCUT2D eigenvalue weighted by Crippen LogP contribution is 2.68. The van der Waals surface area contributed by atoms with Crippen molar-refractivity contribution in [1.82, 2.24) is 20.4 Å². The third-order valence-electron chi connectivity index (χ3n) is 14.7. The summed E-state index contributed by atoms with van der Waals surface area (Å²) in [7, 11) is 0. The van der Waals surface area contributed by atoms with Crippen molar-refractivity contribution in [2.45, 2.75) is 123 Å². The quantitative estimate of drug-likeness (QED) is 0.0673. The van der Waals surface area contributed by atoms with Crippen LogP contribution >= 0.6 is 0 Å². The van der Waals surface area contributed by atoms with Gasteiger partial charge in [0.15, 0.2) is 0 Å². The number of carbonyl (C=O) groups excluding carboxylic acids is 1. The molecule has 0 aliphatic heterocycles. The largest absolute Gasteiger partial charge is 0.481 e. The Kier molecular flexibility index (Phi) is 17.0. The minimum Gasteiger partial charge on any atom is -0.481 e. The summed E-state index contributed by atoms with van der Waals surface area (Å²) < 4.78 is 6.18. The Morgan fingerprint density at radius 1 is 0.737 bits per heavy atom. The molecule has 4 saturated carbocycles. The average Bonchev–Trinajstić information content (AvgIpc) is 3.49. The van der Waals surface area contributed by atoms with E-state index in [1.165, 1.54) is 48.3 Å². The molecular formula is C41H68N4O12. The summed E-state index contributed by atoms with van der Waals surface area (Å²) in [5.74, 6) is -0.780. The number of carboxylic acids is 4. The second kappa shape index (κ2) is 21.0. The third-order valence-corrected chi connectivity index (χ3v) is 14.7. The van der Waals surface area contributed by atoms with Gasteiger partial charge in [0.05, 0.1) is 19.2 Å². The molecular weight excluding hydrogens is 740 g/mol. The van der Waals surface area contributed by atoms with Crippen LogP contribution in [0.3, 0.4) is 0 Å². The van der Waals surface area contributed by atoms with Crippen LogP contribution in [0.25, 0.3) is 0 Å². The molecule has 0 radical (unpaired) electrons. The fourth-order valence-corrected chi connectivity index (χ4v) is 11.9. The van der Waals surface area contributed by atoms with E-state index in [4.69, 9.17) is 20.1 Å². The fourth-order valence-electron chi connectivity index (χ4n) is 11.9. The number of fused-ring (bicyclic) bond motifs is 5. The number of aliphatic carboxylic acids is 4. The molecule has 0 heterocycles. The van der Waals surface area contributed by atoms with Crippen molar-refractivity contribution in [3.05, 3.63) is 0 Å². The first kappa shape index (κ1) is 46.2. The molecule has 0 aromatic carbocycles. The molecule has 10 atom stereocenters. The summed E-state index contributed by atoms with van der Waals surface area (Å²) in [4.78, 5) is 72.4. The van der Waals surface area contributed by atoms with Gasteiger partial charge in [-0.2, -0.15) is 0 Å². The van der Waals surface area contributed by atoms with Gasteiger partial charge in [-0.25, -0.2) is 4.79 Å². The Morgan fingerprint density at radius 2 is 1.42 bits per heavy atom. The van der Waals surface area contributed by atoms with Crippen molar-refractivity contribution in [2.24, 2.45) is 46.3 Å². The van der Waals surface area contributed by atoms with Crippen LogP contribution in [-0.4, -0.2) is 136 Å². The molecule has 4 aliphatic carbocycles. The van der Waals surface area contributed by atoms with Gasteiger partial charge in [0, 0.05) is 39.1 Å². The number of hydrogen-bond acceptors (Lipinski definition) is 9. The lowest BCUT2D eigenvalue weighted by Crippen LogP contribution is -2.54. The van der Waals surface area contributed by atoms with Gasteiger partial charge >= 0.3 is 30.0 Å². The van der Waals surface area contributed by atoms with Crippen LogP contribution in [0.1, 0.15) is 111 Å². The molecule has 16 nitrogen and oxygen atoms in total. The molecule has 0 spiro atoms. The zero-order valence-corrected chi connectivity index (χ0v) is 34.2. The van der Waals surface area contributed by atoms with Gasteiger partial charge in [-0.3, -0.25) is 33.8 Å². The normalized spacial score (nSPS) is 30.4. The molecule has 324 valence electrons. The van der Waals surface area contributed by atoms with Crippen molar-refractivity contribution in [3.8, 4) is 0 Å². The molecule has 4 fully saturated rings. The van der Waals surface area contributed by atoms with Gasteiger partial charge in [0.2, 0.25) is 5.91 Å². The first-order chi connectivity index (χ1) is 26.9. The molecule has 57 heavy (non-hydrogen) atoms. The highest BCUT2D eigenvalue weighted by atomic mass is 16.5. The number of rotatable bonds is 24. The second-order valence-corrected chi connectivity index (χ2v) is 18.0. The van der Waals surface area contributed by atoms with Crippen LogP contribution in [-0.2, 0) is 28.7 Å². The first-order valence-corrected chi connectivity index (χ1v) is 21.1. The number of hydrogen-bond donors (Lipinski definition) is 7. The Bertz CT molecular complexity index is 1400. The number of carbonyl (C=O) groups is 6. The van der Waals surface area contributed by atoms with Crippen molar-refractivity contribution < 1.29 is 59.0 Å². The summed E-state index contributed by atoms with van der Waals surface area (Å²) in [5, 5.41) is 51.7. The number of nitrogens with zero attached hydrogens (tertiary/aromatic N) is 2. The van der Waals surface area contributed by atoms with E-state index in [0.717, 1.165) is 31.6 Å². The summed E-state index contributed by atoms with van der Waals surface area (Å²) in [5.41, 5.74) is 0.568. The van der Waals surface area contributed by atoms with Crippen molar-refractivity contribution in [2.75, 3.05) is 52.4 Å². The molecule has 16 heteroatoms. The van der Waals surface area contributed by atoms with Gasteiger partial charge in [-0.15, -0.1) is 0 Å². The zero-order valence-electron chi connectivity index (χ0n) is 34.2. The molecule has 0 bridgehead atoms. The van der Waals surface area contributed by atoms with Crippen LogP contribution in [0, 0.1) is 46.3 Å². The van der Waals surface area contributed by atoms with E-state index in [2.05, 4.69) is 31.4 Å². The van der Waals surface area contributed by atoms with Gasteiger partial charge < -0.3 is 40.9 Å². The van der Waals surface area contributed by atoms with E-state index in [0.29, 0.717) is 54.4 Å². The van der Waals surface area contributed by atoms with E-state index in [9.17, 15) is 39.0 Å². The Hall–Kier alpha value is -3.50. The lowest BCUT2D eigenvalue weighted by molar-refractivity contribution is -0.145. The number of amides is 2. The van der Waals surface area contributed by atoms with Crippen molar-refractivity contribution >= 4 is 35.9 Å². The van der Waals surface area contributed by atoms with Gasteiger partial charge in [-0.05, 0) is 130 Å². The fraction of sp³-hybridized carbons (Fsp3) is 0.854. The third kappa shape index (κ3) is 12.5. The lowest BCUT2D eigenvalue weighted by Gasteiger charge is -2.61. The molecule has 2 amide bonds. The minimum absolute atomic E-state index is 0.00656.